The molecule has 0 aliphatic rings. The Morgan fingerprint density at radius 3 is 1.61 bits per heavy atom. The fourth-order valence-corrected chi connectivity index (χ4v) is 2.63. The highest BCUT2D eigenvalue weighted by molar-refractivity contribution is 9.11. The van der Waals surface area contributed by atoms with Crippen LogP contribution in [0.5, 0.6) is 0 Å². The van der Waals surface area contributed by atoms with E-state index >= 15 is 0 Å². The van der Waals surface area contributed by atoms with Gasteiger partial charge in [0.25, 0.3) is 0 Å². The highest BCUT2D eigenvalue weighted by Gasteiger charge is 2.05. The molecule has 0 aliphatic carbocycles. The Hall–Kier alpha value is -1.33. The topological polar surface area (TPSA) is 64.9 Å². The van der Waals surface area contributed by atoms with Crippen LogP contribution >= 0.6 is 31.9 Å². The van der Waals surface area contributed by atoms with Crippen molar-refractivity contribution in [2.75, 3.05) is 11.5 Å². The minimum atomic E-state index is 0.680. The van der Waals surface area contributed by atoms with E-state index in [4.69, 9.17) is 11.5 Å². The molecule has 1 heterocycles. The summed E-state index contributed by atoms with van der Waals surface area (Å²) >= 11 is 6.85. The van der Waals surface area contributed by atoms with Gasteiger partial charge in [0.1, 0.15) is 0 Å². The summed E-state index contributed by atoms with van der Waals surface area (Å²) < 4.78 is 1.76. The van der Waals surface area contributed by atoms with Crippen LogP contribution in [-0.2, 0) is 0 Å². The number of hydrogen-bond acceptors (Lipinski definition) is 3. The third kappa shape index (κ3) is 1.83. The molecule has 90 valence electrons. The van der Waals surface area contributed by atoms with Crippen molar-refractivity contribution >= 4 is 65.0 Å². The first-order chi connectivity index (χ1) is 8.54. The van der Waals surface area contributed by atoms with E-state index in [0.29, 0.717) is 11.4 Å². The summed E-state index contributed by atoms with van der Waals surface area (Å²) in [6, 6.07) is 9.74. The first-order valence-electron chi connectivity index (χ1n) is 5.29. The van der Waals surface area contributed by atoms with Gasteiger partial charge in [-0.1, -0.05) is 0 Å². The predicted molar refractivity (Wildman–Crippen MR) is 83.5 cm³/mol. The van der Waals surface area contributed by atoms with Crippen molar-refractivity contribution in [1.29, 1.82) is 0 Å². The van der Waals surface area contributed by atoms with Crippen molar-refractivity contribution < 1.29 is 0 Å². The van der Waals surface area contributed by atoms with Gasteiger partial charge < -0.3 is 11.5 Å². The summed E-state index contributed by atoms with van der Waals surface area (Å²) in [7, 11) is 0. The molecule has 0 saturated carbocycles. The van der Waals surface area contributed by atoms with Gasteiger partial charge >= 0.3 is 0 Å². The molecule has 0 bridgehead atoms. The van der Waals surface area contributed by atoms with Gasteiger partial charge in [-0.25, -0.2) is 4.98 Å². The van der Waals surface area contributed by atoms with Crippen molar-refractivity contribution in [2.24, 2.45) is 0 Å². The van der Waals surface area contributed by atoms with E-state index in [1.165, 1.54) is 0 Å². The van der Waals surface area contributed by atoms with Crippen molar-refractivity contribution in [3.63, 3.8) is 0 Å². The SMILES string of the molecule is Nc1cc2nc3cc(N)c(Br)cc3cc2cc1Br. The first kappa shape index (κ1) is 11.7. The molecular weight excluding hydrogens is 358 g/mol. The van der Waals surface area contributed by atoms with Crippen LogP contribution < -0.4 is 11.5 Å². The number of anilines is 2. The third-order valence-corrected chi connectivity index (χ3v) is 4.22. The molecule has 0 unspecified atom stereocenters. The van der Waals surface area contributed by atoms with Crippen molar-refractivity contribution in [3.05, 3.63) is 39.3 Å². The van der Waals surface area contributed by atoms with Crippen LogP contribution in [-0.4, -0.2) is 4.98 Å². The van der Waals surface area contributed by atoms with Crippen molar-refractivity contribution in [1.82, 2.24) is 4.98 Å². The lowest BCUT2D eigenvalue weighted by Gasteiger charge is -2.06. The Labute approximate surface area is 120 Å². The van der Waals surface area contributed by atoms with Gasteiger partial charge in [-0.3, -0.25) is 0 Å². The van der Waals surface area contributed by atoms with Gasteiger partial charge in [-0.05, 0) is 62.2 Å². The second kappa shape index (κ2) is 4.10. The molecule has 18 heavy (non-hydrogen) atoms. The zero-order valence-electron chi connectivity index (χ0n) is 9.24. The summed E-state index contributed by atoms with van der Waals surface area (Å²) in [5.41, 5.74) is 14.8. The summed E-state index contributed by atoms with van der Waals surface area (Å²) in [5, 5.41) is 2.08. The van der Waals surface area contributed by atoms with Crippen LogP contribution in [0.3, 0.4) is 0 Å². The summed E-state index contributed by atoms with van der Waals surface area (Å²) in [5.74, 6) is 0. The molecule has 1 aromatic heterocycles. The molecule has 3 nitrogen and oxygen atoms in total. The van der Waals surface area contributed by atoms with Crippen molar-refractivity contribution in [2.45, 2.75) is 0 Å². The number of pyridine rings is 1. The highest BCUT2D eigenvalue weighted by Crippen LogP contribution is 2.30. The largest absolute Gasteiger partial charge is 0.398 e. The van der Waals surface area contributed by atoms with Crippen molar-refractivity contribution in [3.8, 4) is 0 Å². The predicted octanol–water partition coefficient (Wildman–Crippen LogP) is 4.08. The molecule has 4 N–H and O–H groups in total. The highest BCUT2D eigenvalue weighted by atomic mass is 79.9. The number of nitrogen functional groups attached to an aromatic ring is 2. The summed E-state index contributed by atoms with van der Waals surface area (Å²) in [4.78, 5) is 4.58. The Balaban J connectivity index is 2.43. The number of benzene rings is 2. The van der Waals surface area contributed by atoms with Gasteiger partial charge in [-0.2, -0.15) is 0 Å². The minimum absolute atomic E-state index is 0.680. The maximum absolute atomic E-state index is 5.86. The van der Waals surface area contributed by atoms with Crippen LogP contribution in [0.1, 0.15) is 0 Å². The zero-order chi connectivity index (χ0) is 12.9. The second-order valence-electron chi connectivity index (χ2n) is 4.12. The number of aromatic nitrogens is 1. The lowest BCUT2D eigenvalue weighted by atomic mass is 10.1. The Morgan fingerprint density at radius 2 is 1.17 bits per heavy atom. The first-order valence-corrected chi connectivity index (χ1v) is 6.88. The van der Waals surface area contributed by atoms with Gasteiger partial charge in [0, 0.05) is 31.1 Å². The Kier molecular flexibility index (Phi) is 2.68. The molecule has 3 aromatic rings. The molecule has 5 heteroatoms. The molecule has 0 radical (unpaired) electrons. The van der Waals surface area contributed by atoms with Gasteiger partial charge in [-0.15, -0.1) is 0 Å². The number of rotatable bonds is 0. The molecular formula is C13H9Br2N3. The Morgan fingerprint density at radius 1 is 0.722 bits per heavy atom. The van der Waals surface area contributed by atoms with Gasteiger partial charge in [0.15, 0.2) is 0 Å². The minimum Gasteiger partial charge on any atom is -0.398 e. The van der Waals surface area contributed by atoms with E-state index in [0.717, 1.165) is 30.8 Å². The van der Waals surface area contributed by atoms with E-state index < -0.39 is 0 Å². The van der Waals surface area contributed by atoms with E-state index in [1.807, 2.05) is 24.3 Å². The zero-order valence-corrected chi connectivity index (χ0v) is 12.4. The lowest BCUT2D eigenvalue weighted by molar-refractivity contribution is 1.49. The molecule has 2 aromatic carbocycles. The summed E-state index contributed by atoms with van der Waals surface area (Å²) in [6.07, 6.45) is 0. The van der Waals surface area contributed by atoms with E-state index in [1.54, 1.807) is 0 Å². The second-order valence-corrected chi connectivity index (χ2v) is 5.83. The lowest BCUT2D eigenvalue weighted by Crippen LogP contribution is -1.91. The fourth-order valence-electron chi connectivity index (χ4n) is 1.91. The van der Waals surface area contributed by atoms with Gasteiger partial charge in [0.05, 0.1) is 11.0 Å². The molecule has 3 rings (SSSR count). The Bertz CT molecular complexity index is 655. The quantitative estimate of drug-likeness (QED) is 0.465. The average Bonchev–Trinajstić information content (AvgIpc) is 2.31. The molecule has 0 atom stereocenters. The van der Waals surface area contributed by atoms with Crippen LogP contribution in [0, 0.1) is 0 Å². The number of nitrogens with two attached hydrogens (primary N) is 2. The van der Waals surface area contributed by atoms with E-state index in [2.05, 4.69) is 42.9 Å². The smallest absolute Gasteiger partial charge is 0.0731 e. The third-order valence-electron chi connectivity index (χ3n) is 2.84. The number of fused-ring (bicyclic) bond motifs is 2. The maximum atomic E-state index is 5.86. The number of halogens is 2. The molecule has 0 saturated heterocycles. The average molecular weight is 367 g/mol. The standard InChI is InChI=1S/C13H9Br2N3/c14-8-2-6-1-7-3-9(15)11(17)5-13(7)18-12(6)4-10(8)16/h1-5H,16-17H2. The van der Waals surface area contributed by atoms with Gasteiger partial charge in [0.2, 0.25) is 0 Å². The number of nitrogens with zero attached hydrogens (tertiary/aromatic N) is 1. The number of hydrogen-bond donors (Lipinski definition) is 2. The van der Waals surface area contributed by atoms with Crippen LogP contribution in [0.25, 0.3) is 21.8 Å². The normalized spacial score (nSPS) is 11.2. The fraction of sp³-hybridized carbons (Fsp3) is 0. The molecule has 0 aliphatic heterocycles. The molecule has 0 fully saturated rings. The monoisotopic (exact) mass is 365 g/mol. The van der Waals surface area contributed by atoms with Crippen LogP contribution in [0.2, 0.25) is 0 Å². The summed E-state index contributed by atoms with van der Waals surface area (Å²) in [6.45, 7) is 0. The molecule has 0 amide bonds. The maximum Gasteiger partial charge on any atom is 0.0731 e. The molecule has 0 spiro atoms. The van der Waals surface area contributed by atoms with E-state index in [9.17, 15) is 0 Å². The van der Waals surface area contributed by atoms with E-state index in [-0.39, 0.29) is 0 Å². The van der Waals surface area contributed by atoms with Crippen LogP contribution in [0.4, 0.5) is 11.4 Å². The van der Waals surface area contributed by atoms with Crippen LogP contribution in [0.15, 0.2) is 39.3 Å².